The van der Waals surface area contributed by atoms with Crippen LogP contribution in [0.4, 0.5) is 0 Å². The Hall–Kier alpha value is -0.550. The van der Waals surface area contributed by atoms with Crippen molar-refractivity contribution in [3.8, 4) is 5.75 Å². The molecule has 0 unspecified atom stereocenters. The molecule has 86 valence electrons. The first-order valence-corrected chi connectivity index (χ1v) is 5.99. The second kappa shape index (κ2) is 7.71. The molecule has 4 nitrogen and oxygen atoms in total. The summed E-state index contributed by atoms with van der Waals surface area (Å²) in [5, 5.41) is 0. The quantitative estimate of drug-likeness (QED) is 0.384. The molecule has 6 heteroatoms. The van der Waals surface area contributed by atoms with E-state index in [9.17, 15) is 13.0 Å². The molecule has 0 aliphatic carbocycles. The van der Waals surface area contributed by atoms with Gasteiger partial charge in [0.15, 0.2) is 0 Å². The second-order valence-corrected chi connectivity index (χ2v) is 4.28. The summed E-state index contributed by atoms with van der Waals surface area (Å²) in [4.78, 5) is -0.260. The summed E-state index contributed by atoms with van der Waals surface area (Å²) in [5.74, 6) is 0.501. The molecule has 1 rings (SSSR count). The van der Waals surface area contributed by atoms with Crippen LogP contribution in [0.3, 0.4) is 0 Å². The zero-order valence-electron chi connectivity index (χ0n) is 9.71. The maximum Gasteiger partial charge on any atom is 1.00 e. The molecule has 0 bridgehead atoms. The van der Waals surface area contributed by atoms with Gasteiger partial charge in [-0.1, -0.05) is 0 Å². The van der Waals surface area contributed by atoms with Crippen LogP contribution in [0.25, 0.3) is 0 Å². The largest absolute Gasteiger partial charge is 1.00 e. The van der Waals surface area contributed by atoms with Gasteiger partial charge in [0.05, 0.1) is 4.90 Å². The van der Waals surface area contributed by atoms with E-state index in [4.69, 9.17) is 4.74 Å². The molecule has 0 atom stereocenters. The van der Waals surface area contributed by atoms with Crippen molar-refractivity contribution in [2.75, 3.05) is 6.61 Å². The topological polar surface area (TPSA) is 66.4 Å². The first-order chi connectivity index (χ1) is 7.54. The zero-order valence-corrected chi connectivity index (χ0v) is 12.5. The van der Waals surface area contributed by atoms with Crippen LogP contribution in [-0.4, -0.2) is 19.6 Å². The van der Waals surface area contributed by atoms with Crippen LogP contribution in [-0.2, 0) is 10.1 Å². The third-order valence-electron chi connectivity index (χ3n) is 1.73. The Balaban J connectivity index is 0.00000256. The van der Waals surface area contributed by atoms with Gasteiger partial charge in [0.2, 0.25) is 0 Å². The molecule has 0 fully saturated rings. The molecule has 0 heterocycles. The summed E-state index contributed by atoms with van der Waals surface area (Å²) < 4.78 is 37.1. The number of hydrogen-bond donors (Lipinski definition) is 0. The van der Waals surface area contributed by atoms with E-state index in [-0.39, 0.29) is 34.5 Å². The monoisotopic (exact) mass is 262 g/mol. The standard InChI is InChI=1S/C11H12O4S.Na/c1-2-3-4-9-15-10-5-7-11(8-6-10)16(12,13)14;/h2,4-8H,9H2,1H3,(H,12,13,14);/q;+1/p-1. The van der Waals surface area contributed by atoms with Crippen molar-refractivity contribution in [3.63, 3.8) is 0 Å². The van der Waals surface area contributed by atoms with E-state index in [2.05, 4.69) is 5.73 Å². The summed E-state index contributed by atoms with van der Waals surface area (Å²) in [6.07, 6.45) is 3.44. The fourth-order valence-electron chi connectivity index (χ4n) is 1.01. The van der Waals surface area contributed by atoms with Gasteiger partial charge in [-0.3, -0.25) is 0 Å². The van der Waals surface area contributed by atoms with Crippen molar-refractivity contribution < 1.29 is 47.3 Å². The van der Waals surface area contributed by atoms with Gasteiger partial charge < -0.3 is 9.29 Å². The smallest absolute Gasteiger partial charge is 0.744 e. The molecule has 0 saturated carbocycles. The van der Waals surface area contributed by atoms with Crippen molar-refractivity contribution in [3.05, 3.63) is 42.1 Å². The molecule has 0 saturated heterocycles. The van der Waals surface area contributed by atoms with Crippen LogP contribution in [0, 0.1) is 0 Å². The third kappa shape index (κ3) is 6.07. The Morgan fingerprint density at radius 1 is 1.35 bits per heavy atom. The predicted octanol–water partition coefficient (Wildman–Crippen LogP) is -1.30. The summed E-state index contributed by atoms with van der Waals surface area (Å²) >= 11 is 0. The molecule has 0 aliphatic rings. The van der Waals surface area contributed by atoms with Gasteiger partial charge in [-0.25, -0.2) is 8.42 Å². The minimum atomic E-state index is -4.38. The maximum atomic E-state index is 10.6. The average molecular weight is 262 g/mol. The molecule has 0 N–H and O–H groups in total. The fourth-order valence-corrected chi connectivity index (χ4v) is 1.48. The molecule has 17 heavy (non-hydrogen) atoms. The van der Waals surface area contributed by atoms with Crippen LogP contribution in [0.5, 0.6) is 5.75 Å². The van der Waals surface area contributed by atoms with Crippen LogP contribution < -0.4 is 34.3 Å². The zero-order chi connectivity index (χ0) is 12.0. The molecule has 0 amide bonds. The maximum absolute atomic E-state index is 10.6. The van der Waals surface area contributed by atoms with Crippen LogP contribution in [0.2, 0.25) is 0 Å². The number of ether oxygens (including phenoxy) is 1. The predicted molar refractivity (Wildman–Crippen MR) is 58.2 cm³/mol. The summed E-state index contributed by atoms with van der Waals surface area (Å²) in [5.41, 5.74) is 2.83. The van der Waals surface area contributed by atoms with Crippen molar-refractivity contribution in [1.29, 1.82) is 0 Å². The molecule has 1 aromatic carbocycles. The minimum Gasteiger partial charge on any atom is -0.744 e. The normalized spacial score (nSPS) is 9.76. The van der Waals surface area contributed by atoms with Gasteiger partial charge in [0, 0.05) is 0 Å². The van der Waals surface area contributed by atoms with E-state index in [0.29, 0.717) is 12.4 Å². The Morgan fingerprint density at radius 3 is 2.41 bits per heavy atom. The summed E-state index contributed by atoms with van der Waals surface area (Å²) in [6.45, 7) is 2.18. The van der Waals surface area contributed by atoms with Crippen molar-refractivity contribution in [2.24, 2.45) is 0 Å². The first kappa shape index (κ1) is 16.4. The molecule has 0 aliphatic heterocycles. The van der Waals surface area contributed by atoms with E-state index in [0.717, 1.165) is 0 Å². The Labute approximate surface area is 123 Å². The third-order valence-corrected chi connectivity index (χ3v) is 2.58. The molecule has 0 radical (unpaired) electrons. The van der Waals surface area contributed by atoms with E-state index < -0.39 is 10.1 Å². The minimum absolute atomic E-state index is 0. The van der Waals surface area contributed by atoms with Gasteiger partial charge >= 0.3 is 29.6 Å². The number of hydrogen-bond acceptors (Lipinski definition) is 4. The van der Waals surface area contributed by atoms with E-state index >= 15 is 0 Å². The Bertz CT molecular complexity index is 499. The average Bonchev–Trinajstić information content (AvgIpc) is 2.24. The summed E-state index contributed by atoms with van der Waals surface area (Å²) in [7, 11) is -4.38. The number of rotatable bonds is 4. The van der Waals surface area contributed by atoms with Crippen molar-refractivity contribution in [2.45, 2.75) is 11.8 Å². The van der Waals surface area contributed by atoms with Crippen LogP contribution in [0.15, 0.2) is 47.0 Å². The van der Waals surface area contributed by atoms with Crippen LogP contribution in [0.1, 0.15) is 6.92 Å². The number of benzene rings is 1. The Kier molecular flexibility index (Phi) is 7.46. The Morgan fingerprint density at radius 2 is 1.94 bits per heavy atom. The fraction of sp³-hybridized carbons (Fsp3) is 0.182. The van der Waals surface area contributed by atoms with Crippen LogP contribution >= 0.6 is 0 Å². The summed E-state index contributed by atoms with van der Waals surface area (Å²) in [6, 6.07) is 5.32. The molecular weight excluding hydrogens is 251 g/mol. The first-order valence-electron chi connectivity index (χ1n) is 4.58. The molecule has 1 aromatic rings. The van der Waals surface area contributed by atoms with Gasteiger partial charge in [-0.15, -0.1) is 5.73 Å². The van der Waals surface area contributed by atoms with Gasteiger partial charge in [-0.05, 0) is 43.3 Å². The van der Waals surface area contributed by atoms with E-state index in [1.54, 1.807) is 12.2 Å². The molecule has 0 aromatic heterocycles. The van der Waals surface area contributed by atoms with E-state index in [1.165, 1.54) is 24.3 Å². The molecule has 0 spiro atoms. The van der Waals surface area contributed by atoms with Gasteiger partial charge in [0.1, 0.15) is 22.5 Å². The molecular formula is C11H11NaO4S. The van der Waals surface area contributed by atoms with Crippen molar-refractivity contribution >= 4 is 10.1 Å². The van der Waals surface area contributed by atoms with Gasteiger partial charge in [0.25, 0.3) is 0 Å². The second-order valence-electron chi connectivity index (χ2n) is 2.90. The van der Waals surface area contributed by atoms with Crippen molar-refractivity contribution in [1.82, 2.24) is 0 Å². The van der Waals surface area contributed by atoms with Gasteiger partial charge in [-0.2, -0.15) is 0 Å². The SMILES string of the molecule is CC=C=CCOc1ccc(S(=O)(=O)[O-])cc1.[Na+]. The van der Waals surface area contributed by atoms with E-state index in [1.807, 2.05) is 6.92 Å².